The van der Waals surface area contributed by atoms with E-state index in [1.54, 1.807) is 6.07 Å². The summed E-state index contributed by atoms with van der Waals surface area (Å²) in [6, 6.07) is 4.95. The van der Waals surface area contributed by atoms with Gasteiger partial charge in [-0.2, -0.15) is 0 Å². The second-order valence-electron chi connectivity index (χ2n) is 4.57. The van der Waals surface area contributed by atoms with E-state index in [-0.39, 0.29) is 24.1 Å². The van der Waals surface area contributed by atoms with E-state index in [1.807, 2.05) is 20.8 Å². The molecule has 0 aliphatic carbocycles. The predicted molar refractivity (Wildman–Crippen MR) is 74.5 cm³/mol. The van der Waals surface area contributed by atoms with Gasteiger partial charge in [-0.1, -0.05) is 13.0 Å². The molecule has 0 radical (unpaired) electrons. The number of aromatic carboxylic acids is 1. The summed E-state index contributed by atoms with van der Waals surface area (Å²) in [5.74, 6) is -1.18. The number of amides is 1. The molecule has 1 rings (SSSR count). The standard InChI is InChI=1S/C14H20N2O3/c1-4-10(3)15-8-13(17)16-12-7-11(14(18)19)6-5-9(12)2/h5-7,10,15H,4,8H2,1-3H3,(H,16,17)(H,18,19). The number of carbonyl (C=O) groups excluding carboxylic acids is 1. The Hall–Kier alpha value is -1.88. The molecule has 0 fully saturated rings. The van der Waals surface area contributed by atoms with Gasteiger partial charge in [0, 0.05) is 11.7 Å². The Morgan fingerprint density at radius 1 is 1.37 bits per heavy atom. The van der Waals surface area contributed by atoms with Gasteiger partial charge in [-0.25, -0.2) is 4.79 Å². The zero-order valence-corrected chi connectivity index (χ0v) is 11.5. The first-order valence-electron chi connectivity index (χ1n) is 6.31. The normalized spacial score (nSPS) is 11.9. The minimum atomic E-state index is -1.01. The van der Waals surface area contributed by atoms with E-state index >= 15 is 0 Å². The molecule has 19 heavy (non-hydrogen) atoms. The van der Waals surface area contributed by atoms with Crippen LogP contribution in [0.15, 0.2) is 18.2 Å². The molecule has 3 N–H and O–H groups in total. The minimum absolute atomic E-state index is 0.163. The molecule has 104 valence electrons. The summed E-state index contributed by atoms with van der Waals surface area (Å²) in [5, 5.41) is 14.7. The van der Waals surface area contributed by atoms with Crippen LogP contribution < -0.4 is 10.6 Å². The minimum Gasteiger partial charge on any atom is -0.478 e. The highest BCUT2D eigenvalue weighted by Gasteiger charge is 2.09. The van der Waals surface area contributed by atoms with Gasteiger partial charge in [-0.15, -0.1) is 0 Å². The van der Waals surface area contributed by atoms with Crippen LogP contribution in [0.3, 0.4) is 0 Å². The third-order valence-corrected chi connectivity index (χ3v) is 2.98. The van der Waals surface area contributed by atoms with Crippen molar-refractivity contribution >= 4 is 17.6 Å². The summed E-state index contributed by atoms with van der Waals surface area (Å²) in [7, 11) is 0. The van der Waals surface area contributed by atoms with Crippen LogP contribution in [-0.4, -0.2) is 29.6 Å². The van der Waals surface area contributed by atoms with Gasteiger partial charge in [-0.05, 0) is 38.0 Å². The zero-order valence-electron chi connectivity index (χ0n) is 11.5. The van der Waals surface area contributed by atoms with Gasteiger partial charge in [0.1, 0.15) is 0 Å². The number of rotatable bonds is 6. The second-order valence-corrected chi connectivity index (χ2v) is 4.57. The Morgan fingerprint density at radius 2 is 2.05 bits per heavy atom. The number of hydrogen-bond donors (Lipinski definition) is 3. The number of nitrogens with one attached hydrogen (secondary N) is 2. The lowest BCUT2D eigenvalue weighted by Gasteiger charge is -2.12. The first-order valence-corrected chi connectivity index (χ1v) is 6.31. The molecule has 0 bridgehead atoms. The van der Waals surface area contributed by atoms with Gasteiger partial charge < -0.3 is 15.7 Å². The fourth-order valence-electron chi connectivity index (χ4n) is 1.50. The second kappa shape index (κ2) is 6.89. The highest BCUT2D eigenvalue weighted by atomic mass is 16.4. The Morgan fingerprint density at radius 3 is 2.63 bits per heavy atom. The maximum absolute atomic E-state index is 11.7. The quantitative estimate of drug-likeness (QED) is 0.734. The molecule has 5 heteroatoms. The van der Waals surface area contributed by atoms with Gasteiger partial charge in [0.15, 0.2) is 0 Å². The lowest BCUT2D eigenvalue weighted by atomic mass is 10.1. The number of aryl methyl sites for hydroxylation is 1. The number of benzene rings is 1. The Balaban J connectivity index is 2.68. The van der Waals surface area contributed by atoms with Crippen molar-refractivity contribution in [1.82, 2.24) is 5.32 Å². The average Bonchev–Trinajstić information content (AvgIpc) is 2.38. The monoisotopic (exact) mass is 264 g/mol. The van der Waals surface area contributed by atoms with Crippen LogP contribution >= 0.6 is 0 Å². The largest absolute Gasteiger partial charge is 0.478 e. The Labute approximate surface area is 113 Å². The van der Waals surface area contributed by atoms with Crippen LogP contribution in [0.1, 0.15) is 36.2 Å². The molecule has 1 aromatic carbocycles. The molecule has 0 aliphatic heterocycles. The van der Waals surface area contributed by atoms with Crippen LogP contribution in [0.25, 0.3) is 0 Å². The van der Waals surface area contributed by atoms with Crippen molar-refractivity contribution in [3.05, 3.63) is 29.3 Å². The van der Waals surface area contributed by atoms with Crippen LogP contribution in [0.4, 0.5) is 5.69 Å². The van der Waals surface area contributed by atoms with Gasteiger partial charge in [-0.3, -0.25) is 4.79 Å². The van der Waals surface area contributed by atoms with Gasteiger partial charge in [0.25, 0.3) is 0 Å². The van der Waals surface area contributed by atoms with Crippen molar-refractivity contribution in [3.63, 3.8) is 0 Å². The number of carboxylic acids is 1. The lowest BCUT2D eigenvalue weighted by molar-refractivity contribution is -0.115. The maximum Gasteiger partial charge on any atom is 0.335 e. The Kier molecular flexibility index (Phi) is 5.51. The summed E-state index contributed by atoms with van der Waals surface area (Å²) in [6.07, 6.45) is 0.945. The molecule has 1 amide bonds. The number of carboxylic acid groups (broad SMARTS) is 1. The van der Waals surface area contributed by atoms with Crippen LogP contribution in [0.5, 0.6) is 0 Å². The summed E-state index contributed by atoms with van der Waals surface area (Å²) < 4.78 is 0. The molecule has 0 saturated heterocycles. The number of hydrogen-bond acceptors (Lipinski definition) is 3. The lowest BCUT2D eigenvalue weighted by Crippen LogP contribution is -2.34. The Bertz CT molecular complexity index is 472. The van der Waals surface area contributed by atoms with Gasteiger partial charge in [0.2, 0.25) is 5.91 Å². The fraction of sp³-hybridized carbons (Fsp3) is 0.429. The molecule has 0 aliphatic rings. The summed E-state index contributed by atoms with van der Waals surface area (Å²) in [5.41, 5.74) is 1.54. The molecule has 1 unspecified atom stereocenters. The highest BCUT2D eigenvalue weighted by molar-refractivity contribution is 5.95. The summed E-state index contributed by atoms with van der Waals surface area (Å²) in [4.78, 5) is 22.6. The molecule has 0 saturated carbocycles. The fourth-order valence-corrected chi connectivity index (χ4v) is 1.50. The summed E-state index contributed by atoms with van der Waals surface area (Å²) in [6.45, 7) is 6.08. The van der Waals surface area contributed by atoms with Crippen molar-refractivity contribution in [2.24, 2.45) is 0 Å². The van der Waals surface area contributed by atoms with Crippen LogP contribution in [0.2, 0.25) is 0 Å². The molecule has 0 spiro atoms. The van der Waals surface area contributed by atoms with E-state index in [1.165, 1.54) is 12.1 Å². The van der Waals surface area contributed by atoms with E-state index in [9.17, 15) is 9.59 Å². The van der Waals surface area contributed by atoms with Crippen molar-refractivity contribution in [1.29, 1.82) is 0 Å². The SMILES string of the molecule is CCC(C)NCC(=O)Nc1cc(C(=O)O)ccc1C. The molecule has 1 atom stereocenters. The summed E-state index contributed by atoms with van der Waals surface area (Å²) >= 11 is 0. The third kappa shape index (κ3) is 4.71. The van der Waals surface area contributed by atoms with Crippen LogP contribution in [0, 0.1) is 6.92 Å². The maximum atomic E-state index is 11.7. The van der Waals surface area contributed by atoms with Crippen molar-refractivity contribution < 1.29 is 14.7 Å². The van der Waals surface area contributed by atoms with Gasteiger partial charge >= 0.3 is 5.97 Å². The topological polar surface area (TPSA) is 78.4 Å². The van der Waals surface area contributed by atoms with Crippen molar-refractivity contribution in [2.75, 3.05) is 11.9 Å². The van der Waals surface area contributed by atoms with E-state index in [4.69, 9.17) is 5.11 Å². The third-order valence-electron chi connectivity index (χ3n) is 2.98. The van der Waals surface area contributed by atoms with Gasteiger partial charge in [0.05, 0.1) is 12.1 Å². The number of carbonyl (C=O) groups is 2. The van der Waals surface area contributed by atoms with Crippen LogP contribution in [-0.2, 0) is 4.79 Å². The number of anilines is 1. The van der Waals surface area contributed by atoms with E-state index in [0.717, 1.165) is 12.0 Å². The predicted octanol–water partition coefficient (Wildman–Crippen LogP) is 2.02. The van der Waals surface area contributed by atoms with E-state index in [0.29, 0.717) is 5.69 Å². The smallest absolute Gasteiger partial charge is 0.335 e. The highest BCUT2D eigenvalue weighted by Crippen LogP contribution is 2.16. The van der Waals surface area contributed by atoms with E-state index < -0.39 is 5.97 Å². The van der Waals surface area contributed by atoms with E-state index in [2.05, 4.69) is 10.6 Å². The molecule has 5 nitrogen and oxygen atoms in total. The zero-order chi connectivity index (χ0) is 14.4. The molecule has 0 heterocycles. The first-order chi connectivity index (χ1) is 8.93. The first kappa shape index (κ1) is 15.2. The molecular weight excluding hydrogens is 244 g/mol. The molecular formula is C14H20N2O3. The molecule has 1 aromatic rings. The van der Waals surface area contributed by atoms with Crippen molar-refractivity contribution in [3.8, 4) is 0 Å². The molecule has 0 aromatic heterocycles. The van der Waals surface area contributed by atoms with Crippen molar-refractivity contribution in [2.45, 2.75) is 33.2 Å². The average molecular weight is 264 g/mol.